The van der Waals surface area contributed by atoms with Crippen molar-refractivity contribution in [1.82, 2.24) is 4.98 Å². The van der Waals surface area contributed by atoms with Crippen molar-refractivity contribution in [1.29, 1.82) is 0 Å². The van der Waals surface area contributed by atoms with Gasteiger partial charge in [-0.05, 0) is 13.8 Å². The van der Waals surface area contributed by atoms with Gasteiger partial charge in [0.25, 0.3) is 0 Å². The second-order valence-electron chi connectivity index (χ2n) is 5.04. The van der Waals surface area contributed by atoms with Crippen LogP contribution >= 0.6 is 11.3 Å². The first-order valence-corrected chi connectivity index (χ1v) is 7.51. The molecule has 0 amide bonds. The second-order valence-corrected chi connectivity index (χ2v) is 5.88. The lowest BCUT2D eigenvalue weighted by Crippen LogP contribution is -2.45. The Balaban J connectivity index is 1.81. The number of anilines is 1. The maximum atomic E-state index is 5.76. The zero-order valence-corrected chi connectivity index (χ0v) is 12.1. The first-order valence-electron chi connectivity index (χ1n) is 6.64. The fourth-order valence-corrected chi connectivity index (χ4v) is 3.34. The molecule has 1 aliphatic heterocycles. The Labute approximate surface area is 117 Å². The van der Waals surface area contributed by atoms with Gasteiger partial charge in [0.1, 0.15) is 0 Å². The van der Waals surface area contributed by atoms with E-state index >= 15 is 0 Å². The first-order chi connectivity index (χ1) is 9.22. The van der Waals surface area contributed by atoms with Gasteiger partial charge in [0.2, 0.25) is 0 Å². The van der Waals surface area contributed by atoms with E-state index in [0.717, 1.165) is 23.9 Å². The molecule has 3 rings (SSSR count). The van der Waals surface area contributed by atoms with Crippen molar-refractivity contribution >= 4 is 16.5 Å². The summed E-state index contributed by atoms with van der Waals surface area (Å²) in [6.45, 7) is 6.08. The first kappa shape index (κ1) is 12.6. The van der Waals surface area contributed by atoms with Crippen molar-refractivity contribution in [3.05, 3.63) is 35.7 Å². The summed E-state index contributed by atoms with van der Waals surface area (Å²) in [4.78, 5) is 7.09. The van der Waals surface area contributed by atoms with E-state index in [2.05, 4.69) is 36.3 Å². The predicted octanol–water partition coefficient (Wildman–Crippen LogP) is 3.42. The number of benzene rings is 1. The Hall–Kier alpha value is -1.39. The molecule has 0 saturated carbocycles. The Morgan fingerprint density at radius 2 is 1.84 bits per heavy atom. The van der Waals surface area contributed by atoms with Gasteiger partial charge in [0.15, 0.2) is 5.13 Å². The number of rotatable bonds is 2. The van der Waals surface area contributed by atoms with Crippen molar-refractivity contribution in [3.8, 4) is 11.3 Å². The van der Waals surface area contributed by atoms with Gasteiger partial charge in [-0.1, -0.05) is 30.3 Å². The van der Waals surface area contributed by atoms with E-state index in [1.807, 2.05) is 18.2 Å². The third-order valence-corrected chi connectivity index (χ3v) is 4.15. The minimum Gasteiger partial charge on any atom is -0.372 e. The van der Waals surface area contributed by atoms with Crippen LogP contribution in [0, 0.1) is 0 Å². The average Bonchev–Trinajstić information content (AvgIpc) is 2.88. The minimum absolute atomic E-state index is 0.271. The molecule has 1 aromatic carbocycles. The number of hydrogen-bond donors (Lipinski definition) is 0. The molecular formula is C15H18N2OS. The fourth-order valence-electron chi connectivity index (χ4n) is 2.49. The summed E-state index contributed by atoms with van der Waals surface area (Å²) in [5.74, 6) is 0. The number of thiazole rings is 1. The van der Waals surface area contributed by atoms with Gasteiger partial charge in [-0.3, -0.25) is 0 Å². The van der Waals surface area contributed by atoms with Crippen LogP contribution in [0.2, 0.25) is 0 Å². The van der Waals surface area contributed by atoms with Crippen molar-refractivity contribution < 1.29 is 4.74 Å². The van der Waals surface area contributed by atoms with Crippen molar-refractivity contribution in [2.24, 2.45) is 0 Å². The summed E-state index contributed by atoms with van der Waals surface area (Å²) in [5, 5.41) is 3.23. The molecule has 0 aliphatic carbocycles. The zero-order valence-electron chi connectivity index (χ0n) is 11.2. The molecular weight excluding hydrogens is 256 g/mol. The number of ether oxygens (including phenoxy) is 1. The van der Waals surface area contributed by atoms with E-state index < -0.39 is 0 Å². The van der Waals surface area contributed by atoms with Gasteiger partial charge in [0, 0.05) is 24.0 Å². The van der Waals surface area contributed by atoms with E-state index in [4.69, 9.17) is 9.72 Å². The lowest BCUT2D eigenvalue weighted by atomic mass is 10.2. The molecule has 0 radical (unpaired) electrons. The van der Waals surface area contributed by atoms with Crippen molar-refractivity contribution in [3.63, 3.8) is 0 Å². The maximum absolute atomic E-state index is 5.76. The topological polar surface area (TPSA) is 25.4 Å². The number of morpholine rings is 1. The van der Waals surface area contributed by atoms with E-state index in [0.29, 0.717) is 0 Å². The number of nitrogens with zero attached hydrogens (tertiary/aromatic N) is 2. The summed E-state index contributed by atoms with van der Waals surface area (Å²) in [6, 6.07) is 10.3. The van der Waals surface area contributed by atoms with Crippen LogP contribution in [0.4, 0.5) is 5.13 Å². The summed E-state index contributed by atoms with van der Waals surface area (Å²) in [7, 11) is 0. The Kier molecular flexibility index (Phi) is 3.53. The number of hydrogen-bond acceptors (Lipinski definition) is 4. The monoisotopic (exact) mass is 274 g/mol. The highest BCUT2D eigenvalue weighted by Gasteiger charge is 2.24. The molecule has 100 valence electrons. The molecule has 0 N–H and O–H groups in total. The van der Waals surface area contributed by atoms with E-state index in [1.165, 1.54) is 5.56 Å². The molecule has 3 nitrogen and oxygen atoms in total. The molecule has 0 bridgehead atoms. The van der Waals surface area contributed by atoms with Crippen molar-refractivity contribution in [2.75, 3.05) is 18.0 Å². The van der Waals surface area contributed by atoms with Crippen LogP contribution in [0.15, 0.2) is 35.7 Å². The molecule has 0 spiro atoms. The Morgan fingerprint density at radius 3 is 2.53 bits per heavy atom. The summed E-state index contributed by atoms with van der Waals surface area (Å²) in [5.41, 5.74) is 2.24. The fraction of sp³-hybridized carbons (Fsp3) is 0.400. The van der Waals surface area contributed by atoms with E-state index in [-0.39, 0.29) is 12.2 Å². The molecule has 2 heterocycles. The summed E-state index contributed by atoms with van der Waals surface area (Å²) < 4.78 is 5.76. The highest BCUT2D eigenvalue weighted by atomic mass is 32.1. The van der Waals surface area contributed by atoms with Gasteiger partial charge in [-0.2, -0.15) is 0 Å². The average molecular weight is 274 g/mol. The normalized spacial score (nSPS) is 23.6. The van der Waals surface area contributed by atoms with Crippen LogP contribution in [0.25, 0.3) is 11.3 Å². The molecule has 2 atom stereocenters. The maximum Gasteiger partial charge on any atom is 0.186 e. The van der Waals surface area contributed by atoms with Crippen molar-refractivity contribution in [2.45, 2.75) is 26.1 Å². The third kappa shape index (κ3) is 2.80. The van der Waals surface area contributed by atoms with Crippen LogP contribution in [0.1, 0.15) is 13.8 Å². The van der Waals surface area contributed by atoms with Gasteiger partial charge < -0.3 is 9.64 Å². The standard InChI is InChI=1S/C15H18N2OS/c1-11-8-17(9-12(2)18-11)15-16-14(10-19-15)13-6-4-3-5-7-13/h3-7,10-12H,8-9H2,1-2H3/t11-,12-/m1/s1. The van der Waals surface area contributed by atoms with Crippen LogP contribution in [0.5, 0.6) is 0 Å². The van der Waals surface area contributed by atoms with E-state index in [1.54, 1.807) is 11.3 Å². The molecule has 1 fully saturated rings. The highest BCUT2D eigenvalue weighted by Crippen LogP contribution is 2.29. The SMILES string of the molecule is C[C@@H]1CN(c2nc(-c3ccccc3)cs2)C[C@@H](C)O1. The summed E-state index contributed by atoms with van der Waals surface area (Å²) in [6.07, 6.45) is 0.542. The quantitative estimate of drug-likeness (QED) is 0.839. The molecule has 19 heavy (non-hydrogen) atoms. The van der Waals surface area contributed by atoms with Gasteiger partial charge >= 0.3 is 0 Å². The van der Waals surface area contributed by atoms with Gasteiger partial charge in [-0.15, -0.1) is 11.3 Å². The molecule has 0 unspecified atom stereocenters. The molecule has 4 heteroatoms. The Morgan fingerprint density at radius 1 is 1.16 bits per heavy atom. The predicted molar refractivity (Wildman–Crippen MR) is 79.8 cm³/mol. The molecule has 1 aromatic heterocycles. The van der Waals surface area contributed by atoms with Crippen LogP contribution in [-0.4, -0.2) is 30.3 Å². The third-order valence-electron chi connectivity index (χ3n) is 3.25. The number of aromatic nitrogens is 1. The smallest absolute Gasteiger partial charge is 0.186 e. The molecule has 1 aliphatic rings. The lowest BCUT2D eigenvalue weighted by Gasteiger charge is -2.35. The minimum atomic E-state index is 0.271. The van der Waals surface area contributed by atoms with Crippen LogP contribution < -0.4 is 4.90 Å². The van der Waals surface area contributed by atoms with E-state index in [9.17, 15) is 0 Å². The van der Waals surface area contributed by atoms with Gasteiger partial charge in [0.05, 0.1) is 17.9 Å². The summed E-state index contributed by atoms with van der Waals surface area (Å²) >= 11 is 1.71. The molecule has 1 saturated heterocycles. The zero-order chi connectivity index (χ0) is 13.2. The highest BCUT2D eigenvalue weighted by molar-refractivity contribution is 7.14. The lowest BCUT2D eigenvalue weighted by molar-refractivity contribution is -0.00522. The van der Waals surface area contributed by atoms with Crippen LogP contribution in [-0.2, 0) is 4.74 Å². The van der Waals surface area contributed by atoms with Gasteiger partial charge in [-0.25, -0.2) is 4.98 Å². The van der Waals surface area contributed by atoms with Crippen LogP contribution in [0.3, 0.4) is 0 Å². The Bertz CT molecular complexity index is 530. The second kappa shape index (κ2) is 5.31. The largest absolute Gasteiger partial charge is 0.372 e. The molecule has 2 aromatic rings.